The van der Waals surface area contributed by atoms with Crippen LogP contribution in [0.15, 0.2) is 36.7 Å². The minimum absolute atomic E-state index is 0.252. The molecule has 0 aliphatic carbocycles. The van der Waals surface area contributed by atoms with Gasteiger partial charge in [0, 0.05) is 18.5 Å². The van der Waals surface area contributed by atoms with E-state index in [1.165, 1.54) is 12.1 Å². The molecule has 0 N–H and O–H groups in total. The molecule has 21 heavy (non-hydrogen) atoms. The molecule has 0 radical (unpaired) electrons. The molecular formula is C15H10ClFN4. The average Bonchev–Trinajstić information content (AvgIpc) is 2.85. The lowest BCUT2D eigenvalue weighted by Gasteiger charge is -2.10. The summed E-state index contributed by atoms with van der Waals surface area (Å²) in [6.45, 7) is 0. The SMILES string of the molecule is N#Cc1cc(F)ccc1-n1c(CCCl)nc2cnccc21. The predicted molar refractivity (Wildman–Crippen MR) is 78.0 cm³/mol. The molecule has 0 unspecified atom stereocenters. The summed E-state index contributed by atoms with van der Waals surface area (Å²) in [5.74, 6) is 0.677. The van der Waals surface area contributed by atoms with Crippen LogP contribution >= 0.6 is 11.6 Å². The van der Waals surface area contributed by atoms with Gasteiger partial charge in [-0.05, 0) is 24.3 Å². The van der Waals surface area contributed by atoms with Crippen LogP contribution in [0, 0.1) is 17.1 Å². The summed E-state index contributed by atoms with van der Waals surface area (Å²) in [4.78, 5) is 8.53. The van der Waals surface area contributed by atoms with Crippen LogP contribution in [0.4, 0.5) is 4.39 Å². The lowest BCUT2D eigenvalue weighted by molar-refractivity contribution is 0.626. The van der Waals surface area contributed by atoms with Crippen molar-refractivity contribution in [3.63, 3.8) is 0 Å². The van der Waals surface area contributed by atoms with E-state index in [1.54, 1.807) is 18.5 Å². The molecule has 3 rings (SSSR count). The molecule has 104 valence electrons. The van der Waals surface area contributed by atoms with E-state index in [1.807, 2.05) is 16.7 Å². The standard InChI is InChI=1S/C15H10ClFN4/c16-5-3-15-20-12-9-19-6-4-14(12)21(15)13-2-1-11(17)7-10(13)8-18/h1-2,4,6-7,9H,3,5H2. The van der Waals surface area contributed by atoms with E-state index >= 15 is 0 Å². The zero-order valence-electron chi connectivity index (χ0n) is 10.9. The van der Waals surface area contributed by atoms with E-state index in [-0.39, 0.29) is 5.56 Å². The number of imidazole rings is 1. The van der Waals surface area contributed by atoms with Crippen molar-refractivity contribution in [2.45, 2.75) is 6.42 Å². The van der Waals surface area contributed by atoms with Gasteiger partial charge < -0.3 is 0 Å². The Morgan fingerprint density at radius 2 is 2.19 bits per heavy atom. The highest BCUT2D eigenvalue weighted by Crippen LogP contribution is 2.24. The van der Waals surface area contributed by atoms with Crippen LogP contribution in [0.2, 0.25) is 0 Å². The Balaban J connectivity index is 2.33. The third-order valence-electron chi connectivity index (χ3n) is 3.16. The Hall–Kier alpha value is -2.45. The number of halogens is 2. The van der Waals surface area contributed by atoms with Crippen molar-refractivity contribution < 1.29 is 4.39 Å². The highest BCUT2D eigenvalue weighted by Gasteiger charge is 2.15. The predicted octanol–water partition coefficient (Wildman–Crippen LogP) is 3.21. The fourth-order valence-corrected chi connectivity index (χ4v) is 2.46. The van der Waals surface area contributed by atoms with Crippen LogP contribution in [-0.2, 0) is 6.42 Å². The fraction of sp³-hybridized carbons (Fsp3) is 0.133. The maximum absolute atomic E-state index is 13.3. The van der Waals surface area contributed by atoms with Gasteiger partial charge in [0.25, 0.3) is 0 Å². The van der Waals surface area contributed by atoms with Crippen molar-refractivity contribution in [3.05, 3.63) is 53.9 Å². The van der Waals surface area contributed by atoms with Crippen LogP contribution < -0.4 is 0 Å². The minimum atomic E-state index is -0.444. The number of nitriles is 1. The Morgan fingerprint density at radius 3 is 2.95 bits per heavy atom. The van der Waals surface area contributed by atoms with Crippen molar-refractivity contribution in [2.75, 3.05) is 5.88 Å². The number of alkyl halides is 1. The van der Waals surface area contributed by atoms with Crippen LogP contribution in [0.3, 0.4) is 0 Å². The van der Waals surface area contributed by atoms with Crippen LogP contribution in [-0.4, -0.2) is 20.4 Å². The number of pyridine rings is 1. The van der Waals surface area contributed by atoms with E-state index in [2.05, 4.69) is 9.97 Å². The van der Waals surface area contributed by atoms with Gasteiger partial charge in [-0.3, -0.25) is 9.55 Å². The van der Waals surface area contributed by atoms with Crippen molar-refractivity contribution in [3.8, 4) is 11.8 Å². The Bertz CT molecular complexity index is 850. The van der Waals surface area contributed by atoms with E-state index in [0.717, 1.165) is 11.3 Å². The first-order valence-electron chi connectivity index (χ1n) is 6.32. The van der Waals surface area contributed by atoms with E-state index < -0.39 is 5.82 Å². The third-order valence-corrected chi connectivity index (χ3v) is 3.35. The number of hydrogen-bond acceptors (Lipinski definition) is 3. The third kappa shape index (κ3) is 2.34. The molecule has 0 saturated heterocycles. The zero-order chi connectivity index (χ0) is 14.8. The molecule has 0 amide bonds. The van der Waals surface area contributed by atoms with Gasteiger partial charge in [-0.15, -0.1) is 11.6 Å². The average molecular weight is 301 g/mol. The molecule has 1 aromatic carbocycles. The molecule has 3 aromatic rings. The van der Waals surface area contributed by atoms with Gasteiger partial charge in [0.15, 0.2) is 0 Å². The lowest BCUT2D eigenvalue weighted by Crippen LogP contribution is -2.04. The number of aromatic nitrogens is 3. The van der Waals surface area contributed by atoms with Gasteiger partial charge in [0.1, 0.15) is 23.2 Å². The van der Waals surface area contributed by atoms with E-state index in [9.17, 15) is 9.65 Å². The summed E-state index contributed by atoms with van der Waals surface area (Å²) >= 11 is 5.83. The van der Waals surface area contributed by atoms with Crippen molar-refractivity contribution in [1.29, 1.82) is 5.26 Å². The molecule has 4 nitrogen and oxygen atoms in total. The number of nitrogens with zero attached hydrogens (tertiary/aromatic N) is 4. The maximum Gasteiger partial charge on any atom is 0.124 e. The van der Waals surface area contributed by atoms with Gasteiger partial charge in [-0.1, -0.05) is 0 Å². The number of aryl methyl sites for hydroxylation is 1. The second-order valence-electron chi connectivity index (χ2n) is 4.44. The number of rotatable bonds is 3. The largest absolute Gasteiger partial charge is 0.295 e. The topological polar surface area (TPSA) is 54.5 Å². The van der Waals surface area contributed by atoms with E-state index in [0.29, 0.717) is 23.5 Å². The highest BCUT2D eigenvalue weighted by atomic mass is 35.5. The fourth-order valence-electron chi connectivity index (χ4n) is 2.30. The van der Waals surface area contributed by atoms with Crippen molar-refractivity contribution in [2.24, 2.45) is 0 Å². The maximum atomic E-state index is 13.3. The zero-order valence-corrected chi connectivity index (χ0v) is 11.7. The van der Waals surface area contributed by atoms with Gasteiger partial charge in [-0.25, -0.2) is 9.37 Å². The smallest absolute Gasteiger partial charge is 0.124 e. The summed E-state index contributed by atoms with van der Waals surface area (Å²) in [6, 6.07) is 7.95. The summed E-state index contributed by atoms with van der Waals surface area (Å²) in [6.07, 6.45) is 3.85. The second-order valence-corrected chi connectivity index (χ2v) is 4.82. The summed E-state index contributed by atoms with van der Waals surface area (Å²) < 4.78 is 15.2. The van der Waals surface area contributed by atoms with Gasteiger partial charge in [0.2, 0.25) is 0 Å². The number of hydrogen-bond donors (Lipinski definition) is 0. The molecule has 0 fully saturated rings. The molecule has 0 spiro atoms. The van der Waals surface area contributed by atoms with Crippen LogP contribution in [0.5, 0.6) is 0 Å². The lowest BCUT2D eigenvalue weighted by atomic mass is 10.1. The number of fused-ring (bicyclic) bond motifs is 1. The highest BCUT2D eigenvalue weighted by molar-refractivity contribution is 6.17. The monoisotopic (exact) mass is 300 g/mol. The molecule has 0 bridgehead atoms. The first-order valence-corrected chi connectivity index (χ1v) is 6.85. The molecule has 2 heterocycles. The second kappa shape index (κ2) is 5.51. The van der Waals surface area contributed by atoms with Gasteiger partial charge in [0.05, 0.1) is 23.0 Å². The molecule has 0 atom stereocenters. The molecule has 0 aliphatic heterocycles. The minimum Gasteiger partial charge on any atom is -0.295 e. The molecular weight excluding hydrogens is 291 g/mol. The summed E-state index contributed by atoms with van der Waals surface area (Å²) in [5.41, 5.74) is 2.37. The van der Waals surface area contributed by atoms with Gasteiger partial charge in [-0.2, -0.15) is 5.26 Å². The molecule has 6 heteroatoms. The van der Waals surface area contributed by atoms with E-state index in [4.69, 9.17) is 11.6 Å². The number of benzene rings is 1. The first-order chi connectivity index (χ1) is 10.2. The van der Waals surface area contributed by atoms with Crippen molar-refractivity contribution in [1.82, 2.24) is 14.5 Å². The van der Waals surface area contributed by atoms with Crippen molar-refractivity contribution >= 4 is 22.6 Å². The summed E-state index contributed by atoms with van der Waals surface area (Å²) in [7, 11) is 0. The Kier molecular flexibility index (Phi) is 3.55. The Morgan fingerprint density at radius 1 is 1.33 bits per heavy atom. The molecule has 0 saturated carbocycles. The van der Waals surface area contributed by atoms with Gasteiger partial charge >= 0.3 is 0 Å². The van der Waals surface area contributed by atoms with Crippen LogP contribution in [0.25, 0.3) is 16.7 Å². The molecule has 2 aromatic heterocycles. The molecule has 0 aliphatic rings. The normalized spacial score (nSPS) is 10.7. The quantitative estimate of drug-likeness (QED) is 0.698. The first kappa shape index (κ1) is 13.5. The Labute approximate surface area is 125 Å². The summed E-state index contributed by atoms with van der Waals surface area (Å²) in [5, 5.41) is 9.25. The van der Waals surface area contributed by atoms with Crippen LogP contribution in [0.1, 0.15) is 11.4 Å².